The second kappa shape index (κ2) is 5.54. The molecule has 100 valence electrons. The number of thiazole rings is 1. The monoisotopic (exact) mass is 297 g/mol. The molecule has 0 saturated heterocycles. The fourth-order valence-electron chi connectivity index (χ4n) is 1.41. The standard InChI is InChI=1S/C12H12ClN3O2S/c1-6(2)8-5-19-12(14-8)16-10-7(11(17)18)3-4-9(13)15-10/h3-6H,1-2H3,(H,17,18)(H,14,15,16). The van der Waals surface area contributed by atoms with Crippen molar-refractivity contribution < 1.29 is 9.90 Å². The molecule has 2 heterocycles. The van der Waals surface area contributed by atoms with E-state index < -0.39 is 5.97 Å². The molecule has 0 aliphatic heterocycles. The number of aromatic carboxylic acids is 1. The first-order valence-electron chi connectivity index (χ1n) is 5.59. The van der Waals surface area contributed by atoms with Gasteiger partial charge in [-0.2, -0.15) is 0 Å². The lowest BCUT2D eigenvalue weighted by Crippen LogP contribution is -2.05. The molecule has 19 heavy (non-hydrogen) atoms. The van der Waals surface area contributed by atoms with E-state index in [1.807, 2.05) is 19.2 Å². The van der Waals surface area contributed by atoms with Crippen LogP contribution < -0.4 is 5.32 Å². The van der Waals surface area contributed by atoms with Crippen molar-refractivity contribution in [1.29, 1.82) is 0 Å². The molecule has 0 saturated carbocycles. The van der Waals surface area contributed by atoms with Gasteiger partial charge in [-0.1, -0.05) is 25.4 Å². The number of hydrogen-bond donors (Lipinski definition) is 2. The highest BCUT2D eigenvalue weighted by Gasteiger charge is 2.14. The van der Waals surface area contributed by atoms with Gasteiger partial charge in [0.25, 0.3) is 0 Å². The van der Waals surface area contributed by atoms with Crippen LogP contribution in [0.1, 0.15) is 35.8 Å². The highest BCUT2D eigenvalue weighted by molar-refractivity contribution is 7.13. The smallest absolute Gasteiger partial charge is 0.339 e. The van der Waals surface area contributed by atoms with Gasteiger partial charge in [0, 0.05) is 5.38 Å². The molecule has 0 radical (unpaired) electrons. The van der Waals surface area contributed by atoms with Crippen molar-refractivity contribution in [3.8, 4) is 0 Å². The molecule has 0 amide bonds. The van der Waals surface area contributed by atoms with Crippen LogP contribution in [0.25, 0.3) is 0 Å². The van der Waals surface area contributed by atoms with Gasteiger partial charge < -0.3 is 10.4 Å². The van der Waals surface area contributed by atoms with Crippen molar-refractivity contribution >= 4 is 39.9 Å². The van der Waals surface area contributed by atoms with Crippen molar-refractivity contribution in [3.63, 3.8) is 0 Å². The third kappa shape index (κ3) is 3.21. The van der Waals surface area contributed by atoms with Crippen molar-refractivity contribution in [1.82, 2.24) is 9.97 Å². The minimum atomic E-state index is -1.06. The molecule has 7 heteroatoms. The molecule has 0 aromatic carbocycles. The summed E-state index contributed by atoms with van der Waals surface area (Å²) in [7, 11) is 0. The maximum absolute atomic E-state index is 11.1. The summed E-state index contributed by atoms with van der Waals surface area (Å²) in [6.45, 7) is 4.08. The van der Waals surface area contributed by atoms with E-state index in [0.717, 1.165) is 5.69 Å². The fourth-order valence-corrected chi connectivity index (χ4v) is 2.43. The maximum Gasteiger partial charge on any atom is 0.339 e. The lowest BCUT2D eigenvalue weighted by atomic mass is 10.2. The Labute approximate surface area is 119 Å². The molecule has 0 aliphatic carbocycles. The van der Waals surface area contributed by atoms with Crippen LogP contribution in [0.2, 0.25) is 5.15 Å². The first kappa shape index (κ1) is 13.8. The van der Waals surface area contributed by atoms with E-state index in [4.69, 9.17) is 16.7 Å². The fraction of sp³-hybridized carbons (Fsp3) is 0.250. The zero-order valence-electron chi connectivity index (χ0n) is 10.3. The highest BCUT2D eigenvalue weighted by atomic mass is 35.5. The molecule has 0 bridgehead atoms. The molecule has 0 fully saturated rings. The number of pyridine rings is 1. The Bertz CT molecular complexity index is 613. The second-order valence-corrected chi connectivity index (χ2v) is 5.44. The lowest BCUT2D eigenvalue weighted by molar-refractivity contribution is 0.0697. The van der Waals surface area contributed by atoms with Crippen LogP contribution in [-0.4, -0.2) is 21.0 Å². The zero-order chi connectivity index (χ0) is 14.0. The summed E-state index contributed by atoms with van der Waals surface area (Å²) in [6.07, 6.45) is 0. The van der Waals surface area contributed by atoms with Crippen LogP contribution in [-0.2, 0) is 0 Å². The van der Waals surface area contributed by atoms with Crippen LogP contribution in [0.3, 0.4) is 0 Å². The Hall–Kier alpha value is -1.66. The van der Waals surface area contributed by atoms with Gasteiger partial charge >= 0.3 is 5.97 Å². The minimum Gasteiger partial charge on any atom is -0.478 e. The van der Waals surface area contributed by atoms with Crippen LogP contribution in [0.15, 0.2) is 17.5 Å². The molecule has 5 nitrogen and oxygen atoms in total. The number of nitrogens with zero attached hydrogens (tertiary/aromatic N) is 2. The maximum atomic E-state index is 11.1. The molecule has 0 atom stereocenters. The molecule has 2 aromatic heterocycles. The number of nitrogens with one attached hydrogen (secondary N) is 1. The van der Waals surface area contributed by atoms with Crippen LogP contribution >= 0.6 is 22.9 Å². The average Bonchev–Trinajstić information content (AvgIpc) is 2.77. The first-order chi connectivity index (χ1) is 8.97. The van der Waals surface area contributed by atoms with Crippen LogP contribution in [0.5, 0.6) is 0 Å². The van der Waals surface area contributed by atoms with E-state index in [1.165, 1.54) is 23.5 Å². The average molecular weight is 298 g/mol. The predicted octanol–water partition coefficient (Wildman–Crippen LogP) is 3.76. The molecular weight excluding hydrogens is 286 g/mol. The molecule has 0 unspecified atom stereocenters. The first-order valence-corrected chi connectivity index (χ1v) is 6.85. The molecule has 2 N–H and O–H groups in total. The van der Waals surface area contributed by atoms with Crippen molar-refractivity contribution in [3.05, 3.63) is 33.9 Å². The van der Waals surface area contributed by atoms with Crippen molar-refractivity contribution in [2.45, 2.75) is 19.8 Å². The minimum absolute atomic E-state index is 0.0608. The van der Waals surface area contributed by atoms with E-state index in [2.05, 4.69) is 15.3 Å². The number of rotatable bonds is 4. The van der Waals surface area contributed by atoms with E-state index >= 15 is 0 Å². The van der Waals surface area contributed by atoms with Gasteiger partial charge in [-0.25, -0.2) is 14.8 Å². The van der Waals surface area contributed by atoms with E-state index in [-0.39, 0.29) is 16.5 Å². The molecule has 0 spiro atoms. The number of halogens is 1. The zero-order valence-corrected chi connectivity index (χ0v) is 11.9. The number of carboxylic acid groups (broad SMARTS) is 1. The van der Waals surface area contributed by atoms with E-state index in [9.17, 15) is 4.79 Å². The Morgan fingerprint density at radius 3 is 2.74 bits per heavy atom. The topological polar surface area (TPSA) is 75.1 Å². The molecule has 0 aliphatic rings. The number of carboxylic acids is 1. The quantitative estimate of drug-likeness (QED) is 0.841. The van der Waals surface area contributed by atoms with Gasteiger partial charge in [0.2, 0.25) is 0 Å². The third-order valence-corrected chi connectivity index (χ3v) is 3.42. The predicted molar refractivity (Wildman–Crippen MR) is 75.7 cm³/mol. The Kier molecular flexibility index (Phi) is 4.01. The summed E-state index contributed by atoms with van der Waals surface area (Å²) in [6, 6.07) is 2.86. The van der Waals surface area contributed by atoms with Crippen LogP contribution in [0, 0.1) is 0 Å². The van der Waals surface area contributed by atoms with Gasteiger partial charge in [0.15, 0.2) is 5.13 Å². The van der Waals surface area contributed by atoms with Gasteiger partial charge in [0.05, 0.1) is 5.69 Å². The van der Waals surface area contributed by atoms with Crippen LogP contribution in [0.4, 0.5) is 10.9 Å². The van der Waals surface area contributed by atoms with Crippen molar-refractivity contribution in [2.75, 3.05) is 5.32 Å². The van der Waals surface area contributed by atoms with Gasteiger partial charge in [-0.3, -0.25) is 0 Å². The Balaban J connectivity index is 2.31. The second-order valence-electron chi connectivity index (χ2n) is 4.19. The largest absolute Gasteiger partial charge is 0.478 e. The van der Waals surface area contributed by atoms with E-state index in [0.29, 0.717) is 11.0 Å². The third-order valence-electron chi connectivity index (χ3n) is 2.43. The normalized spacial score (nSPS) is 10.7. The molecule has 2 rings (SSSR count). The summed E-state index contributed by atoms with van der Waals surface area (Å²) >= 11 is 7.18. The SMILES string of the molecule is CC(C)c1csc(Nc2nc(Cl)ccc2C(=O)O)n1. The highest BCUT2D eigenvalue weighted by Crippen LogP contribution is 2.26. The van der Waals surface area contributed by atoms with Gasteiger partial charge in [0.1, 0.15) is 16.5 Å². The van der Waals surface area contributed by atoms with Crippen molar-refractivity contribution in [2.24, 2.45) is 0 Å². The summed E-state index contributed by atoms with van der Waals surface area (Å²) in [4.78, 5) is 19.4. The van der Waals surface area contributed by atoms with E-state index in [1.54, 1.807) is 0 Å². The number of aromatic nitrogens is 2. The molecule has 2 aromatic rings. The van der Waals surface area contributed by atoms with Gasteiger partial charge in [-0.15, -0.1) is 11.3 Å². The lowest BCUT2D eigenvalue weighted by Gasteiger charge is -2.06. The Morgan fingerprint density at radius 2 is 2.16 bits per heavy atom. The summed E-state index contributed by atoms with van der Waals surface area (Å²) in [5.41, 5.74) is 1.01. The summed E-state index contributed by atoms with van der Waals surface area (Å²) in [5, 5.41) is 14.7. The molecular formula is C12H12ClN3O2S. The van der Waals surface area contributed by atoms with Gasteiger partial charge in [-0.05, 0) is 18.1 Å². The number of hydrogen-bond acceptors (Lipinski definition) is 5. The number of anilines is 2. The number of carbonyl (C=O) groups is 1. The summed E-state index contributed by atoms with van der Waals surface area (Å²) in [5.74, 6) is -0.546. The summed E-state index contributed by atoms with van der Waals surface area (Å²) < 4.78 is 0. The Morgan fingerprint density at radius 1 is 1.42 bits per heavy atom.